The normalized spacial score (nSPS) is 18.6. The van der Waals surface area contributed by atoms with E-state index < -0.39 is 0 Å². The summed E-state index contributed by atoms with van der Waals surface area (Å²) < 4.78 is 0. The summed E-state index contributed by atoms with van der Waals surface area (Å²) in [5.41, 5.74) is 1.66. The minimum atomic E-state index is 0.489. The summed E-state index contributed by atoms with van der Waals surface area (Å²) in [6.07, 6.45) is 7.64. The second kappa shape index (κ2) is 6.53. The zero-order valence-electron chi connectivity index (χ0n) is 13.3. The zero-order valence-corrected chi connectivity index (χ0v) is 13.3. The lowest BCUT2D eigenvalue weighted by Gasteiger charge is -2.38. The van der Waals surface area contributed by atoms with E-state index in [9.17, 15) is 0 Å². The third-order valence-electron chi connectivity index (χ3n) is 4.51. The second-order valence-corrected chi connectivity index (χ2v) is 6.58. The second-order valence-electron chi connectivity index (χ2n) is 6.58. The van der Waals surface area contributed by atoms with Gasteiger partial charge in [0.1, 0.15) is 0 Å². The summed E-state index contributed by atoms with van der Waals surface area (Å²) in [4.78, 5) is 11.4. The van der Waals surface area contributed by atoms with Crippen molar-refractivity contribution in [2.45, 2.75) is 59.5 Å². The number of aromatic nitrogens is 2. The molecule has 112 valence electrons. The summed E-state index contributed by atoms with van der Waals surface area (Å²) in [7, 11) is 0. The Balaban J connectivity index is 1.91. The molecule has 2 heterocycles. The van der Waals surface area contributed by atoms with E-state index in [1.54, 1.807) is 0 Å². The molecule has 0 atom stereocenters. The van der Waals surface area contributed by atoms with Crippen molar-refractivity contribution in [1.82, 2.24) is 15.3 Å². The fourth-order valence-electron chi connectivity index (χ4n) is 2.52. The van der Waals surface area contributed by atoms with Crippen LogP contribution >= 0.6 is 0 Å². The maximum absolute atomic E-state index is 4.53. The molecule has 4 heteroatoms. The number of nitrogens with one attached hydrogen (secondary N) is 1. The molecule has 0 saturated carbocycles. The zero-order chi connectivity index (χ0) is 14.6. The lowest BCUT2D eigenvalue weighted by molar-refractivity contribution is 0.237. The molecule has 20 heavy (non-hydrogen) atoms. The predicted octanol–water partition coefficient (Wildman–Crippen LogP) is 2.99. The summed E-state index contributed by atoms with van der Waals surface area (Å²) >= 11 is 0. The van der Waals surface area contributed by atoms with Crippen molar-refractivity contribution in [3.8, 4) is 0 Å². The molecular formula is C16H28N4. The van der Waals surface area contributed by atoms with Crippen LogP contribution in [0, 0.1) is 5.41 Å². The lowest BCUT2D eigenvalue weighted by Crippen LogP contribution is -2.39. The van der Waals surface area contributed by atoms with Crippen molar-refractivity contribution in [1.29, 1.82) is 0 Å². The summed E-state index contributed by atoms with van der Waals surface area (Å²) in [5.74, 6) is 0.886. The first-order chi connectivity index (χ1) is 9.52. The van der Waals surface area contributed by atoms with Gasteiger partial charge < -0.3 is 10.2 Å². The molecule has 1 saturated heterocycles. The first-order valence-corrected chi connectivity index (χ1v) is 7.82. The van der Waals surface area contributed by atoms with Crippen LogP contribution in [0.2, 0.25) is 0 Å². The highest BCUT2D eigenvalue weighted by molar-refractivity contribution is 5.30. The van der Waals surface area contributed by atoms with E-state index >= 15 is 0 Å². The van der Waals surface area contributed by atoms with E-state index in [0.29, 0.717) is 11.5 Å². The number of hydrogen-bond acceptors (Lipinski definition) is 4. The molecule has 1 aliphatic heterocycles. The van der Waals surface area contributed by atoms with Crippen molar-refractivity contribution < 1.29 is 0 Å². The van der Waals surface area contributed by atoms with Crippen LogP contribution in [-0.4, -0.2) is 29.1 Å². The number of hydrogen-bond donors (Lipinski definition) is 1. The molecule has 0 spiro atoms. The van der Waals surface area contributed by atoms with E-state index in [1.165, 1.54) is 19.3 Å². The molecule has 2 rings (SSSR count). The number of rotatable bonds is 5. The van der Waals surface area contributed by atoms with Gasteiger partial charge in [-0.1, -0.05) is 34.1 Å². The highest BCUT2D eigenvalue weighted by Crippen LogP contribution is 2.34. The largest absolute Gasteiger partial charge is 0.341 e. The van der Waals surface area contributed by atoms with Gasteiger partial charge in [-0.2, -0.15) is 0 Å². The van der Waals surface area contributed by atoms with Gasteiger partial charge in [-0.3, -0.25) is 0 Å². The Morgan fingerprint density at radius 3 is 2.35 bits per heavy atom. The fourth-order valence-corrected chi connectivity index (χ4v) is 2.52. The van der Waals surface area contributed by atoms with Crippen LogP contribution in [0.5, 0.6) is 0 Å². The van der Waals surface area contributed by atoms with Crippen LogP contribution in [0.15, 0.2) is 12.4 Å². The van der Waals surface area contributed by atoms with Crippen LogP contribution in [0.4, 0.5) is 5.95 Å². The Morgan fingerprint density at radius 1 is 1.25 bits per heavy atom. The minimum absolute atomic E-state index is 0.489. The van der Waals surface area contributed by atoms with Crippen molar-refractivity contribution in [3.05, 3.63) is 18.0 Å². The Kier molecular flexibility index (Phi) is 4.97. The van der Waals surface area contributed by atoms with Gasteiger partial charge in [-0.05, 0) is 18.3 Å². The van der Waals surface area contributed by atoms with Gasteiger partial charge in [0.15, 0.2) is 0 Å². The van der Waals surface area contributed by atoms with E-state index in [-0.39, 0.29) is 0 Å². The van der Waals surface area contributed by atoms with E-state index in [4.69, 9.17) is 0 Å². The van der Waals surface area contributed by atoms with Gasteiger partial charge >= 0.3 is 0 Å². The van der Waals surface area contributed by atoms with Gasteiger partial charge in [0.25, 0.3) is 0 Å². The average molecular weight is 276 g/mol. The SMILES string of the molecule is CCC1(C)CCN(c2ncc(CNC(C)C)cn2)CC1. The molecule has 1 aromatic heterocycles. The van der Waals surface area contributed by atoms with Gasteiger partial charge in [-0.15, -0.1) is 0 Å². The smallest absolute Gasteiger partial charge is 0.225 e. The number of nitrogens with zero attached hydrogens (tertiary/aromatic N) is 3. The summed E-state index contributed by atoms with van der Waals surface area (Å²) in [5, 5.41) is 3.39. The third kappa shape index (κ3) is 3.92. The van der Waals surface area contributed by atoms with Crippen LogP contribution in [0.1, 0.15) is 52.5 Å². The summed E-state index contributed by atoms with van der Waals surface area (Å²) in [6, 6.07) is 0.489. The average Bonchev–Trinajstić information content (AvgIpc) is 2.46. The Hall–Kier alpha value is -1.16. The van der Waals surface area contributed by atoms with Crippen molar-refractivity contribution in [2.24, 2.45) is 5.41 Å². The lowest BCUT2D eigenvalue weighted by atomic mass is 9.78. The van der Waals surface area contributed by atoms with E-state index in [2.05, 4.69) is 47.9 Å². The van der Waals surface area contributed by atoms with Crippen LogP contribution in [0.25, 0.3) is 0 Å². The van der Waals surface area contributed by atoms with Crippen molar-refractivity contribution in [2.75, 3.05) is 18.0 Å². The highest BCUT2D eigenvalue weighted by atomic mass is 15.2. The van der Waals surface area contributed by atoms with Crippen LogP contribution < -0.4 is 10.2 Å². The van der Waals surface area contributed by atoms with Gasteiger partial charge in [0.2, 0.25) is 5.95 Å². The molecule has 0 aromatic carbocycles. The Bertz CT molecular complexity index is 405. The molecule has 1 N–H and O–H groups in total. The maximum Gasteiger partial charge on any atom is 0.225 e. The molecule has 4 nitrogen and oxygen atoms in total. The molecule has 0 amide bonds. The number of piperidine rings is 1. The van der Waals surface area contributed by atoms with Crippen LogP contribution in [-0.2, 0) is 6.54 Å². The molecule has 1 fully saturated rings. The van der Waals surface area contributed by atoms with Gasteiger partial charge in [-0.25, -0.2) is 9.97 Å². The Labute approximate surface area is 123 Å². The fraction of sp³-hybridized carbons (Fsp3) is 0.750. The van der Waals surface area contributed by atoms with Crippen molar-refractivity contribution >= 4 is 5.95 Å². The predicted molar refractivity (Wildman–Crippen MR) is 83.9 cm³/mol. The molecule has 1 aromatic rings. The molecule has 0 bridgehead atoms. The van der Waals surface area contributed by atoms with E-state index in [0.717, 1.165) is 31.1 Å². The first-order valence-electron chi connectivity index (χ1n) is 7.82. The molecule has 0 unspecified atom stereocenters. The third-order valence-corrected chi connectivity index (χ3v) is 4.51. The van der Waals surface area contributed by atoms with Gasteiger partial charge in [0.05, 0.1) is 0 Å². The Morgan fingerprint density at radius 2 is 1.85 bits per heavy atom. The molecule has 0 aliphatic carbocycles. The maximum atomic E-state index is 4.53. The van der Waals surface area contributed by atoms with Crippen LogP contribution in [0.3, 0.4) is 0 Å². The topological polar surface area (TPSA) is 41.1 Å². The monoisotopic (exact) mass is 276 g/mol. The van der Waals surface area contributed by atoms with E-state index in [1.807, 2.05) is 12.4 Å². The van der Waals surface area contributed by atoms with Crippen molar-refractivity contribution in [3.63, 3.8) is 0 Å². The first kappa shape index (κ1) is 15.2. The minimum Gasteiger partial charge on any atom is -0.341 e. The molecule has 1 aliphatic rings. The summed E-state index contributed by atoms with van der Waals surface area (Å²) in [6.45, 7) is 12.0. The van der Waals surface area contributed by atoms with Gasteiger partial charge in [0, 0.05) is 43.6 Å². The molecule has 0 radical (unpaired) electrons. The number of anilines is 1. The standard InChI is InChI=1S/C16H28N4/c1-5-16(4)6-8-20(9-7-16)15-18-11-14(12-19-15)10-17-13(2)3/h11-13,17H,5-10H2,1-4H3. The molecular weight excluding hydrogens is 248 g/mol. The highest BCUT2D eigenvalue weighted by Gasteiger charge is 2.29. The quantitative estimate of drug-likeness (QED) is 0.897.